The molecular formula is C13H18N2OS. The van der Waals surface area contributed by atoms with Crippen LogP contribution in [0.15, 0.2) is 18.2 Å². The number of nitrogen functional groups attached to an aromatic ring is 1. The molecule has 0 aliphatic carbocycles. The molecule has 1 aromatic carbocycles. The highest BCUT2D eigenvalue weighted by molar-refractivity contribution is 7.99. The summed E-state index contributed by atoms with van der Waals surface area (Å²) in [7, 11) is 0. The molecule has 1 heterocycles. The monoisotopic (exact) mass is 250 g/mol. The molecule has 2 N–H and O–H groups in total. The van der Waals surface area contributed by atoms with Crippen molar-refractivity contribution in [2.24, 2.45) is 0 Å². The Bertz CT molecular complexity index is 433. The molecule has 0 aromatic heterocycles. The van der Waals surface area contributed by atoms with Crippen molar-refractivity contribution in [2.45, 2.75) is 19.9 Å². The van der Waals surface area contributed by atoms with E-state index in [-0.39, 0.29) is 5.91 Å². The first kappa shape index (κ1) is 12.3. The molecule has 1 atom stereocenters. The van der Waals surface area contributed by atoms with E-state index in [0.717, 1.165) is 29.2 Å². The van der Waals surface area contributed by atoms with Gasteiger partial charge in [-0.25, -0.2) is 0 Å². The van der Waals surface area contributed by atoms with Gasteiger partial charge in [0.2, 0.25) is 0 Å². The third-order valence-electron chi connectivity index (χ3n) is 3.12. The number of thioether (sulfide) groups is 1. The Morgan fingerprint density at radius 2 is 2.29 bits per heavy atom. The Balaban J connectivity index is 2.26. The molecule has 1 aliphatic rings. The molecule has 92 valence electrons. The number of nitrogens with two attached hydrogens (primary N) is 1. The van der Waals surface area contributed by atoms with Gasteiger partial charge in [0.1, 0.15) is 0 Å². The quantitative estimate of drug-likeness (QED) is 0.777. The number of nitrogens with zero attached hydrogens (tertiary/aromatic N) is 1. The van der Waals surface area contributed by atoms with Crippen molar-refractivity contribution in [3.63, 3.8) is 0 Å². The van der Waals surface area contributed by atoms with Crippen LogP contribution in [0.2, 0.25) is 0 Å². The summed E-state index contributed by atoms with van der Waals surface area (Å²) < 4.78 is 0. The lowest BCUT2D eigenvalue weighted by Gasteiger charge is -2.33. The van der Waals surface area contributed by atoms with Crippen molar-refractivity contribution in [1.29, 1.82) is 0 Å². The van der Waals surface area contributed by atoms with Gasteiger partial charge in [0, 0.05) is 35.3 Å². The van der Waals surface area contributed by atoms with Gasteiger partial charge >= 0.3 is 0 Å². The first-order valence-electron chi connectivity index (χ1n) is 5.84. The van der Waals surface area contributed by atoms with Crippen molar-refractivity contribution in [2.75, 3.05) is 23.8 Å². The second kappa shape index (κ2) is 5.00. The van der Waals surface area contributed by atoms with E-state index in [4.69, 9.17) is 5.73 Å². The van der Waals surface area contributed by atoms with Crippen molar-refractivity contribution in [3.8, 4) is 0 Å². The van der Waals surface area contributed by atoms with Gasteiger partial charge in [0.15, 0.2) is 0 Å². The Kier molecular flexibility index (Phi) is 3.62. The van der Waals surface area contributed by atoms with Gasteiger partial charge in [0.25, 0.3) is 5.91 Å². The third kappa shape index (κ3) is 2.57. The highest BCUT2D eigenvalue weighted by Gasteiger charge is 2.25. The molecule has 1 aliphatic heterocycles. The molecule has 0 bridgehead atoms. The van der Waals surface area contributed by atoms with E-state index in [1.165, 1.54) is 0 Å². The van der Waals surface area contributed by atoms with Crippen LogP contribution in [0.1, 0.15) is 22.8 Å². The van der Waals surface area contributed by atoms with E-state index in [1.807, 2.05) is 35.7 Å². The van der Waals surface area contributed by atoms with Gasteiger partial charge < -0.3 is 10.6 Å². The maximum absolute atomic E-state index is 12.4. The van der Waals surface area contributed by atoms with E-state index in [1.54, 1.807) is 6.07 Å². The minimum absolute atomic E-state index is 0.114. The summed E-state index contributed by atoms with van der Waals surface area (Å²) in [4.78, 5) is 14.4. The number of carbonyl (C=O) groups excluding carboxylic acids is 1. The average Bonchev–Trinajstić information content (AvgIpc) is 2.32. The highest BCUT2D eigenvalue weighted by atomic mass is 32.2. The van der Waals surface area contributed by atoms with Gasteiger partial charge in [-0.2, -0.15) is 11.8 Å². The smallest absolute Gasteiger partial charge is 0.254 e. The van der Waals surface area contributed by atoms with Crippen molar-refractivity contribution >= 4 is 23.4 Å². The fourth-order valence-electron chi connectivity index (χ4n) is 2.05. The van der Waals surface area contributed by atoms with Crippen LogP contribution in [0.5, 0.6) is 0 Å². The van der Waals surface area contributed by atoms with Gasteiger partial charge in [-0.3, -0.25) is 4.79 Å². The summed E-state index contributed by atoms with van der Waals surface area (Å²) in [5, 5.41) is 0. The predicted molar refractivity (Wildman–Crippen MR) is 73.4 cm³/mol. The van der Waals surface area contributed by atoms with Crippen molar-refractivity contribution in [3.05, 3.63) is 29.3 Å². The zero-order chi connectivity index (χ0) is 12.4. The number of carbonyl (C=O) groups is 1. The summed E-state index contributed by atoms with van der Waals surface area (Å²) in [5.41, 5.74) is 8.14. The Hall–Kier alpha value is -1.16. The van der Waals surface area contributed by atoms with E-state index >= 15 is 0 Å². The van der Waals surface area contributed by atoms with Crippen LogP contribution in [0.25, 0.3) is 0 Å². The minimum Gasteiger partial charge on any atom is -0.399 e. The number of hydrogen-bond acceptors (Lipinski definition) is 3. The van der Waals surface area contributed by atoms with Crippen LogP contribution < -0.4 is 5.73 Å². The summed E-state index contributed by atoms with van der Waals surface area (Å²) >= 11 is 1.91. The molecule has 1 amide bonds. The van der Waals surface area contributed by atoms with Gasteiger partial charge in [-0.05, 0) is 31.5 Å². The summed E-state index contributed by atoms with van der Waals surface area (Å²) in [6.07, 6.45) is 0. The third-order valence-corrected chi connectivity index (χ3v) is 4.31. The molecule has 3 nitrogen and oxygen atoms in total. The summed E-state index contributed by atoms with van der Waals surface area (Å²) in [5.74, 6) is 2.16. The maximum atomic E-state index is 12.4. The Labute approximate surface area is 106 Å². The molecule has 2 rings (SSSR count). The zero-order valence-corrected chi connectivity index (χ0v) is 11.1. The lowest BCUT2D eigenvalue weighted by molar-refractivity contribution is 0.0715. The first-order valence-corrected chi connectivity index (χ1v) is 7.00. The number of benzene rings is 1. The second-order valence-corrected chi connectivity index (χ2v) is 5.65. The van der Waals surface area contributed by atoms with Crippen LogP contribution in [-0.4, -0.2) is 34.9 Å². The molecule has 4 heteroatoms. The fourth-order valence-corrected chi connectivity index (χ4v) is 3.07. The number of aryl methyl sites for hydroxylation is 1. The number of anilines is 1. The van der Waals surface area contributed by atoms with Crippen LogP contribution in [0, 0.1) is 6.92 Å². The molecule has 1 aromatic rings. The molecule has 1 unspecified atom stereocenters. The predicted octanol–water partition coefficient (Wildman–Crippen LogP) is 2.15. The molecular weight excluding hydrogens is 232 g/mol. The Morgan fingerprint density at radius 1 is 1.53 bits per heavy atom. The standard InChI is InChI=1S/C13H18N2OS/c1-9-3-4-11(14)7-12(9)13(16)15-5-6-17-8-10(15)2/h3-4,7,10H,5-6,8,14H2,1-2H3. The normalized spacial score (nSPS) is 20.4. The van der Waals surface area contributed by atoms with Crippen LogP contribution in [0.3, 0.4) is 0 Å². The highest BCUT2D eigenvalue weighted by Crippen LogP contribution is 2.21. The minimum atomic E-state index is 0.114. The Morgan fingerprint density at radius 3 is 3.00 bits per heavy atom. The largest absolute Gasteiger partial charge is 0.399 e. The van der Waals surface area contributed by atoms with E-state index in [9.17, 15) is 4.79 Å². The second-order valence-electron chi connectivity index (χ2n) is 4.50. The lowest BCUT2D eigenvalue weighted by atomic mass is 10.1. The topological polar surface area (TPSA) is 46.3 Å². The van der Waals surface area contributed by atoms with Gasteiger partial charge in [-0.15, -0.1) is 0 Å². The lowest BCUT2D eigenvalue weighted by Crippen LogP contribution is -2.44. The first-order chi connectivity index (χ1) is 8.09. The van der Waals surface area contributed by atoms with E-state index in [2.05, 4.69) is 6.92 Å². The maximum Gasteiger partial charge on any atom is 0.254 e. The molecule has 0 radical (unpaired) electrons. The zero-order valence-electron chi connectivity index (χ0n) is 10.3. The van der Waals surface area contributed by atoms with E-state index in [0.29, 0.717) is 11.7 Å². The van der Waals surface area contributed by atoms with Gasteiger partial charge in [-0.1, -0.05) is 6.07 Å². The number of amides is 1. The van der Waals surface area contributed by atoms with Gasteiger partial charge in [0.05, 0.1) is 0 Å². The van der Waals surface area contributed by atoms with Crippen molar-refractivity contribution < 1.29 is 4.79 Å². The van der Waals surface area contributed by atoms with Crippen molar-refractivity contribution in [1.82, 2.24) is 4.90 Å². The summed E-state index contributed by atoms with van der Waals surface area (Å²) in [6, 6.07) is 5.83. The molecule has 0 saturated carbocycles. The van der Waals surface area contributed by atoms with E-state index < -0.39 is 0 Å². The molecule has 17 heavy (non-hydrogen) atoms. The molecule has 1 fully saturated rings. The van der Waals surface area contributed by atoms with Crippen LogP contribution in [-0.2, 0) is 0 Å². The molecule has 1 saturated heterocycles. The van der Waals surface area contributed by atoms with Crippen LogP contribution >= 0.6 is 11.8 Å². The SMILES string of the molecule is Cc1ccc(N)cc1C(=O)N1CCSCC1C. The fraction of sp³-hybridized carbons (Fsp3) is 0.462. The number of hydrogen-bond donors (Lipinski definition) is 1. The average molecular weight is 250 g/mol. The summed E-state index contributed by atoms with van der Waals surface area (Å²) in [6.45, 7) is 4.89. The number of rotatable bonds is 1. The van der Waals surface area contributed by atoms with Crippen LogP contribution in [0.4, 0.5) is 5.69 Å². The molecule has 0 spiro atoms.